The van der Waals surface area contributed by atoms with Gasteiger partial charge in [0.2, 0.25) is 0 Å². The fraction of sp³-hybridized carbons (Fsp3) is 0.133. The van der Waals surface area contributed by atoms with Gasteiger partial charge in [-0.25, -0.2) is 4.39 Å². The summed E-state index contributed by atoms with van der Waals surface area (Å²) in [7, 11) is 0. The molecule has 22 heavy (non-hydrogen) atoms. The fourth-order valence-corrected chi connectivity index (χ4v) is 3.57. The lowest BCUT2D eigenvalue weighted by Gasteiger charge is -2.12. The van der Waals surface area contributed by atoms with E-state index < -0.39 is 5.82 Å². The molecule has 0 aliphatic carbocycles. The molecule has 0 heterocycles. The third-order valence-electron chi connectivity index (χ3n) is 2.70. The highest BCUT2D eigenvalue weighted by molar-refractivity contribution is 9.11. The van der Waals surface area contributed by atoms with E-state index in [1.54, 1.807) is 0 Å². The zero-order valence-electron chi connectivity index (χ0n) is 11.4. The van der Waals surface area contributed by atoms with Crippen LogP contribution >= 0.6 is 43.5 Å². The Bertz CT molecular complexity index is 702. The average molecular weight is 452 g/mol. The molecular formula is C15H11Br2ClFNO2. The van der Waals surface area contributed by atoms with Crippen LogP contribution < -0.4 is 10.1 Å². The van der Waals surface area contributed by atoms with Crippen LogP contribution in [0.1, 0.15) is 5.56 Å². The Morgan fingerprint density at radius 2 is 1.91 bits per heavy atom. The molecular weight excluding hydrogens is 440 g/mol. The minimum Gasteiger partial charge on any atom is -0.482 e. The van der Waals surface area contributed by atoms with Gasteiger partial charge in [-0.15, -0.1) is 0 Å². The molecule has 3 nitrogen and oxygen atoms in total. The third kappa shape index (κ3) is 4.44. The second-order valence-corrected chi connectivity index (χ2v) is 6.63. The number of hydrogen-bond donors (Lipinski definition) is 1. The van der Waals surface area contributed by atoms with Crippen LogP contribution in [0.25, 0.3) is 0 Å². The van der Waals surface area contributed by atoms with Crippen LogP contribution in [0.2, 0.25) is 5.02 Å². The molecule has 2 rings (SSSR count). The topological polar surface area (TPSA) is 38.3 Å². The molecule has 116 valence electrons. The van der Waals surface area contributed by atoms with Crippen molar-refractivity contribution in [1.82, 2.24) is 0 Å². The number of halogens is 4. The van der Waals surface area contributed by atoms with Gasteiger partial charge in [0, 0.05) is 8.95 Å². The summed E-state index contributed by atoms with van der Waals surface area (Å²) >= 11 is 12.6. The SMILES string of the molecule is Cc1cc(Br)c(NC(=O)COc2ccc(F)cc2Cl)c(Br)c1. The van der Waals surface area contributed by atoms with Crippen molar-refractivity contribution in [2.75, 3.05) is 11.9 Å². The highest BCUT2D eigenvalue weighted by Gasteiger charge is 2.12. The van der Waals surface area contributed by atoms with Crippen molar-refractivity contribution in [3.8, 4) is 5.75 Å². The molecule has 0 unspecified atom stereocenters. The Labute approximate surface area is 149 Å². The first-order valence-electron chi connectivity index (χ1n) is 6.20. The van der Waals surface area contributed by atoms with E-state index in [-0.39, 0.29) is 23.3 Å². The maximum Gasteiger partial charge on any atom is 0.262 e. The Morgan fingerprint density at radius 1 is 1.27 bits per heavy atom. The number of anilines is 1. The van der Waals surface area contributed by atoms with Gasteiger partial charge >= 0.3 is 0 Å². The Kier molecular flexibility index (Phi) is 5.83. The van der Waals surface area contributed by atoms with Crippen molar-refractivity contribution in [2.45, 2.75) is 6.92 Å². The molecule has 1 amide bonds. The second-order valence-electron chi connectivity index (χ2n) is 4.52. The maximum atomic E-state index is 12.9. The van der Waals surface area contributed by atoms with Gasteiger partial charge in [-0.3, -0.25) is 4.79 Å². The van der Waals surface area contributed by atoms with Gasteiger partial charge in [0.1, 0.15) is 11.6 Å². The lowest BCUT2D eigenvalue weighted by atomic mass is 10.2. The van der Waals surface area contributed by atoms with E-state index in [1.165, 1.54) is 12.1 Å². The van der Waals surface area contributed by atoms with Crippen LogP contribution in [0.4, 0.5) is 10.1 Å². The summed E-state index contributed by atoms with van der Waals surface area (Å²) in [6, 6.07) is 7.49. The van der Waals surface area contributed by atoms with Gasteiger partial charge in [0.25, 0.3) is 5.91 Å². The summed E-state index contributed by atoms with van der Waals surface area (Å²) in [6.45, 7) is 1.71. The standard InChI is InChI=1S/C15H11Br2ClFNO2/c1-8-4-10(16)15(11(17)5-8)20-14(21)7-22-13-3-2-9(19)6-12(13)18/h2-6H,7H2,1H3,(H,20,21). The molecule has 0 bridgehead atoms. The van der Waals surface area contributed by atoms with Crippen molar-refractivity contribution in [3.63, 3.8) is 0 Å². The van der Waals surface area contributed by atoms with Gasteiger partial charge in [0.05, 0.1) is 10.7 Å². The lowest BCUT2D eigenvalue weighted by molar-refractivity contribution is -0.118. The number of nitrogens with one attached hydrogen (secondary N) is 1. The van der Waals surface area contributed by atoms with E-state index in [4.69, 9.17) is 16.3 Å². The van der Waals surface area contributed by atoms with Gasteiger partial charge in [-0.2, -0.15) is 0 Å². The molecule has 2 aromatic carbocycles. The summed E-state index contributed by atoms with van der Waals surface area (Å²) in [5.41, 5.74) is 1.66. The second kappa shape index (κ2) is 7.44. The Morgan fingerprint density at radius 3 is 2.50 bits per heavy atom. The number of aryl methyl sites for hydroxylation is 1. The number of hydrogen-bond acceptors (Lipinski definition) is 2. The number of benzene rings is 2. The Balaban J connectivity index is 2.02. The minimum absolute atomic E-state index is 0.116. The molecule has 0 spiro atoms. The van der Waals surface area contributed by atoms with Crippen LogP contribution in [0.3, 0.4) is 0 Å². The van der Waals surface area contributed by atoms with Crippen molar-refractivity contribution in [2.24, 2.45) is 0 Å². The predicted octanol–water partition coefficient (Wildman–Crippen LogP) is 5.33. The lowest BCUT2D eigenvalue weighted by Crippen LogP contribution is -2.20. The summed E-state index contributed by atoms with van der Waals surface area (Å²) in [4.78, 5) is 12.0. The molecule has 0 saturated carbocycles. The summed E-state index contributed by atoms with van der Waals surface area (Å²) in [5, 5.41) is 2.85. The zero-order valence-corrected chi connectivity index (χ0v) is 15.4. The maximum absolute atomic E-state index is 12.9. The van der Waals surface area contributed by atoms with Crippen LogP contribution in [-0.4, -0.2) is 12.5 Å². The first kappa shape index (κ1) is 17.2. The molecule has 2 aromatic rings. The summed E-state index contributed by atoms with van der Waals surface area (Å²) in [5.74, 6) is -0.569. The highest BCUT2D eigenvalue weighted by atomic mass is 79.9. The number of carbonyl (C=O) groups excluding carboxylic acids is 1. The normalized spacial score (nSPS) is 10.4. The van der Waals surface area contributed by atoms with Gasteiger partial charge in [-0.05, 0) is 74.7 Å². The van der Waals surface area contributed by atoms with E-state index >= 15 is 0 Å². The molecule has 0 radical (unpaired) electrons. The first-order chi connectivity index (χ1) is 10.4. The largest absolute Gasteiger partial charge is 0.482 e. The summed E-state index contributed by atoms with van der Waals surface area (Å²) in [6.07, 6.45) is 0. The minimum atomic E-state index is -0.464. The van der Waals surface area contributed by atoms with Gasteiger partial charge < -0.3 is 10.1 Å². The number of ether oxygens (including phenoxy) is 1. The van der Waals surface area contributed by atoms with Crippen LogP contribution in [0, 0.1) is 12.7 Å². The van der Waals surface area contributed by atoms with Gasteiger partial charge in [-0.1, -0.05) is 11.6 Å². The number of rotatable bonds is 4. The fourth-order valence-electron chi connectivity index (χ4n) is 1.73. The average Bonchev–Trinajstić information content (AvgIpc) is 2.42. The van der Waals surface area contributed by atoms with E-state index in [1.807, 2.05) is 19.1 Å². The molecule has 1 N–H and O–H groups in total. The van der Waals surface area contributed by atoms with Crippen molar-refractivity contribution >= 4 is 55.1 Å². The van der Waals surface area contributed by atoms with E-state index in [0.29, 0.717) is 5.69 Å². The van der Waals surface area contributed by atoms with E-state index in [9.17, 15) is 9.18 Å². The van der Waals surface area contributed by atoms with Crippen molar-refractivity contribution in [1.29, 1.82) is 0 Å². The van der Waals surface area contributed by atoms with Gasteiger partial charge in [0.15, 0.2) is 6.61 Å². The van der Waals surface area contributed by atoms with Crippen molar-refractivity contribution < 1.29 is 13.9 Å². The predicted molar refractivity (Wildman–Crippen MR) is 92.1 cm³/mol. The zero-order chi connectivity index (χ0) is 16.3. The molecule has 0 aromatic heterocycles. The number of amides is 1. The molecule has 7 heteroatoms. The third-order valence-corrected chi connectivity index (χ3v) is 4.25. The van der Waals surface area contributed by atoms with Crippen molar-refractivity contribution in [3.05, 3.63) is 55.7 Å². The monoisotopic (exact) mass is 449 g/mol. The number of carbonyl (C=O) groups is 1. The van der Waals surface area contributed by atoms with Crippen LogP contribution in [0.5, 0.6) is 5.75 Å². The molecule has 0 aliphatic rings. The smallest absolute Gasteiger partial charge is 0.262 e. The first-order valence-corrected chi connectivity index (χ1v) is 8.16. The van der Waals surface area contributed by atoms with E-state index in [0.717, 1.165) is 20.6 Å². The molecule has 0 aliphatic heterocycles. The van der Waals surface area contributed by atoms with Crippen LogP contribution in [-0.2, 0) is 4.79 Å². The summed E-state index contributed by atoms with van der Waals surface area (Å²) < 4.78 is 19.7. The van der Waals surface area contributed by atoms with Crippen LogP contribution in [0.15, 0.2) is 39.3 Å². The highest BCUT2D eigenvalue weighted by Crippen LogP contribution is 2.32. The molecule has 0 saturated heterocycles. The molecule has 0 fully saturated rings. The quantitative estimate of drug-likeness (QED) is 0.682. The van der Waals surface area contributed by atoms with E-state index in [2.05, 4.69) is 37.2 Å². The molecule has 0 atom stereocenters. The Hall–Kier alpha value is -1.11.